The van der Waals surface area contributed by atoms with Crippen LogP contribution < -0.4 is 5.73 Å². The number of likely N-dealkylation sites (N-methyl/N-ethyl adjacent to an activating group) is 1. The summed E-state index contributed by atoms with van der Waals surface area (Å²) < 4.78 is 0. The second-order valence-corrected chi connectivity index (χ2v) is 5.11. The topological polar surface area (TPSA) is 95.3 Å². The van der Waals surface area contributed by atoms with Crippen molar-refractivity contribution in [2.24, 2.45) is 0 Å². The Labute approximate surface area is 118 Å². The number of hydrogen-bond donors (Lipinski definition) is 2. The summed E-state index contributed by atoms with van der Waals surface area (Å²) in [6.07, 6.45) is 2.45. The van der Waals surface area contributed by atoms with Gasteiger partial charge in [0.15, 0.2) is 5.69 Å². The lowest BCUT2D eigenvalue weighted by Gasteiger charge is -2.18. The lowest BCUT2D eigenvalue weighted by molar-refractivity contribution is -0.129. The van der Waals surface area contributed by atoms with Gasteiger partial charge in [-0.3, -0.25) is 14.7 Å². The van der Waals surface area contributed by atoms with Crippen LogP contribution in [0.1, 0.15) is 35.9 Å². The SMILES string of the molecule is CCCc1[nH]nc(C(=O)N2CCCN(C)C(=O)C2)c1N. The van der Waals surface area contributed by atoms with Crippen molar-refractivity contribution in [3.05, 3.63) is 11.4 Å². The summed E-state index contributed by atoms with van der Waals surface area (Å²) in [5.74, 6) is -0.330. The second-order valence-electron chi connectivity index (χ2n) is 5.11. The smallest absolute Gasteiger partial charge is 0.276 e. The molecular formula is C13H21N5O2. The zero-order valence-electron chi connectivity index (χ0n) is 12.0. The molecule has 3 N–H and O–H groups in total. The van der Waals surface area contributed by atoms with Gasteiger partial charge in [-0.2, -0.15) is 5.10 Å². The molecule has 2 amide bonds. The van der Waals surface area contributed by atoms with Crippen molar-refractivity contribution in [1.82, 2.24) is 20.0 Å². The van der Waals surface area contributed by atoms with Crippen molar-refractivity contribution in [3.8, 4) is 0 Å². The average Bonchev–Trinajstić information content (AvgIpc) is 2.69. The predicted molar refractivity (Wildman–Crippen MR) is 75.2 cm³/mol. The first-order valence-corrected chi connectivity index (χ1v) is 6.90. The van der Waals surface area contributed by atoms with Crippen molar-refractivity contribution in [3.63, 3.8) is 0 Å². The number of nitrogen functional groups attached to an aromatic ring is 1. The Hall–Kier alpha value is -2.05. The third kappa shape index (κ3) is 2.76. The number of amides is 2. The van der Waals surface area contributed by atoms with Crippen LogP contribution in [0.2, 0.25) is 0 Å². The minimum Gasteiger partial charge on any atom is -0.395 e. The Balaban J connectivity index is 2.16. The van der Waals surface area contributed by atoms with Gasteiger partial charge in [-0.15, -0.1) is 0 Å². The lowest BCUT2D eigenvalue weighted by Crippen LogP contribution is -2.38. The van der Waals surface area contributed by atoms with Gasteiger partial charge in [-0.25, -0.2) is 0 Å². The number of nitrogens with two attached hydrogens (primary N) is 1. The van der Waals surface area contributed by atoms with Crippen molar-refractivity contribution in [1.29, 1.82) is 0 Å². The number of H-pyrrole nitrogens is 1. The number of aromatic amines is 1. The van der Waals surface area contributed by atoms with E-state index in [1.807, 2.05) is 6.92 Å². The molecule has 0 unspecified atom stereocenters. The molecule has 7 heteroatoms. The highest BCUT2D eigenvalue weighted by Gasteiger charge is 2.27. The molecule has 0 saturated carbocycles. The molecule has 2 rings (SSSR count). The van der Waals surface area contributed by atoms with Crippen LogP contribution >= 0.6 is 0 Å². The van der Waals surface area contributed by atoms with E-state index in [0.29, 0.717) is 18.8 Å². The number of aryl methyl sites for hydroxylation is 1. The normalized spacial score (nSPS) is 16.4. The minimum atomic E-state index is -0.273. The van der Waals surface area contributed by atoms with Crippen molar-refractivity contribution in [2.45, 2.75) is 26.2 Å². The first-order chi connectivity index (χ1) is 9.54. The predicted octanol–water partition coefficient (Wildman–Crippen LogP) is 0.249. The highest BCUT2D eigenvalue weighted by Crippen LogP contribution is 2.18. The maximum absolute atomic E-state index is 12.4. The van der Waals surface area contributed by atoms with Gasteiger partial charge in [0, 0.05) is 20.1 Å². The van der Waals surface area contributed by atoms with Gasteiger partial charge < -0.3 is 15.5 Å². The Kier molecular flexibility index (Phi) is 4.26. The Morgan fingerprint density at radius 3 is 2.90 bits per heavy atom. The molecule has 0 radical (unpaired) electrons. The van der Waals surface area contributed by atoms with E-state index in [1.165, 1.54) is 4.90 Å². The Morgan fingerprint density at radius 2 is 2.20 bits per heavy atom. The summed E-state index contributed by atoms with van der Waals surface area (Å²) in [6, 6.07) is 0. The maximum Gasteiger partial charge on any atom is 0.276 e. The van der Waals surface area contributed by atoms with Crippen LogP contribution in [-0.2, 0) is 11.2 Å². The summed E-state index contributed by atoms with van der Waals surface area (Å²) in [4.78, 5) is 27.4. The maximum atomic E-state index is 12.4. The Bertz CT molecular complexity index is 511. The molecule has 20 heavy (non-hydrogen) atoms. The average molecular weight is 279 g/mol. The van der Waals surface area contributed by atoms with Crippen LogP contribution in [0.5, 0.6) is 0 Å². The van der Waals surface area contributed by atoms with Crippen molar-refractivity contribution >= 4 is 17.5 Å². The van der Waals surface area contributed by atoms with E-state index in [1.54, 1.807) is 11.9 Å². The van der Waals surface area contributed by atoms with Crippen LogP contribution in [0.4, 0.5) is 5.69 Å². The van der Waals surface area contributed by atoms with Gasteiger partial charge in [-0.1, -0.05) is 13.3 Å². The standard InChI is InChI=1S/C13H21N5O2/c1-3-5-9-11(14)12(16-15-9)13(20)18-7-4-6-17(2)10(19)8-18/h3-8,14H2,1-2H3,(H,15,16). The summed E-state index contributed by atoms with van der Waals surface area (Å²) in [5, 5.41) is 6.83. The van der Waals surface area contributed by atoms with Gasteiger partial charge in [0.05, 0.1) is 11.4 Å². The van der Waals surface area contributed by atoms with Crippen LogP contribution in [-0.4, -0.2) is 58.5 Å². The molecule has 2 heterocycles. The summed E-state index contributed by atoms with van der Waals surface area (Å²) in [7, 11) is 1.75. The molecule has 0 atom stereocenters. The van der Waals surface area contributed by atoms with E-state index < -0.39 is 0 Å². The molecule has 7 nitrogen and oxygen atoms in total. The highest BCUT2D eigenvalue weighted by atomic mass is 16.2. The van der Waals surface area contributed by atoms with E-state index in [9.17, 15) is 9.59 Å². The fourth-order valence-electron chi connectivity index (χ4n) is 2.30. The van der Waals surface area contributed by atoms with Crippen molar-refractivity contribution in [2.75, 3.05) is 32.4 Å². The van der Waals surface area contributed by atoms with Gasteiger partial charge in [-0.05, 0) is 12.8 Å². The van der Waals surface area contributed by atoms with Gasteiger partial charge in [0.1, 0.15) is 6.54 Å². The third-order valence-electron chi connectivity index (χ3n) is 3.55. The number of nitrogens with one attached hydrogen (secondary N) is 1. The molecular weight excluding hydrogens is 258 g/mol. The zero-order chi connectivity index (χ0) is 14.7. The highest BCUT2D eigenvalue weighted by molar-refractivity contribution is 5.99. The molecule has 110 valence electrons. The summed E-state index contributed by atoms with van der Waals surface area (Å²) in [6.45, 7) is 3.33. The molecule has 0 bridgehead atoms. The van der Waals surface area contributed by atoms with E-state index in [-0.39, 0.29) is 24.1 Å². The van der Waals surface area contributed by atoms with E-state index in [2.05, 4.69) is 10.2 Å². The third-order valence-corrected chi connectivity index (χ3v) is 3.55. The summed E-state index contributed by atoms with van der Waals surface area (Å²) in [5.41, 5.74) is 7.38. The van der Waals surface area contributed by atoms with Crippen molar-refractivity contribution < 1.29 is 9.59 Å². The lowest BCUT2D eigenvalue weighted by atomic mass is 10.2. The molecule has 1 fully saturated rings. The monoisotopic (exact) mass is 279 g/mol. The van der Waals surface area contributed by atoms with Gasteiger partial charge >= 0.3 is 0 Å². The van der Waals surface area contributed by atoms with Crippen LogP contribution in [0.3, 0.4) is 0 Å². The number of carbonyl (C=O) groups is 2. The largest absolute Gasteiger partial charge is 0.395 e. The number of nitrogens with zero attached hydrogens (tertiary/aromatic N) is 3. The van der Waals surface area contributed by atoms with Crippen LogP contribution in [0, 0.1) is 0 Å². The number of hydrogen-bond acceptors (Lipinski definition) is 4. The second kappa shape index (κ2) is 5.94. The molecule has 1 aromatic rings. The first kappa shape index (κ1) is 14.4. The molecule has 1 aliphatic rings. The number of anilines is 1. The summed E-state index contributed by atoms with van der Waals surface area (Å²) >= 11 is 0. The van der Waals surface area contributed by atoms with Gasteiger partial charge in [0.2, 0.25) is 5.91 Å². The zero-order valence-corrected chi connectivity index (χ0v) is 12.0. The number of carbonyl (C=O) groups excluding carboxylic acids is 2. The molecule has 1 saturated heterocycles. The van der Waals surface area contributed by atoms with E-state index in [0.717, 1.165) is 25.0 Å². The first-order valence-electron chi connectivity index (χ1n) is 6.90. The fourth-order valence-corrected chi connectivity index (χ4v) is 2.30. The minimum absolute atomic E-state index is 0.0567. The fraction of sp³-hybridized carbons (Fsp3) is 0.615. The molecule has 1 aromatic heterocycles. The molecule has 0 spiro atoms. The van der Waals surface area contributed by atoms with Gasteiger partial charge in [0.25, 0.3) is 5.91 Å². The number of rotatable bonds is 3. The Morgan fingerprint density at radius 1 is 1.45 bits per heavy atom. The molecule has 1 aliphatic heterocycles. The van der Waals surface area contributed by atoms with Crippen LogP contribution in [0.15, 0.2) is 0 Å². The van der Waals surface area contributed by atoms with Crippen LogP contribution in [0.25, 0.3) is 0 Å². The van der Waals surface area contributed by atoms with E-state index in [4.69, 9.17) is 5.73 Å². The quantitative estimate of drug-likeness (QED) is 0.829. The number of aromatic nitrogens is 2. The molecule has 0 aromatic carbocycles. The van der Waals surface area contributed by atoms with E-state index >= 15 is 0 Å². The molecule has 0 aliphatic carbocycles.